The zero-order chi connectivity index (χ0) is 16.8. The number of carbonyl (C=O) groups excluding carboxylic acids is 1. The average Bonchev–Trinajstić information content (AvgIpc) is 2.78. The van der Waals surface area contributed by atoms with Crippen LogP contribution in [0.4, 0.5) is 0 Å². The molecule has 2 N–H and O–H groups in total. The van der Waals surface area contributed by atoms with Gasteiger partial charge in [0, 0.05) is 38.1 Å². The first-order chi connectivity index (χ1) is 10.2. The van der Waals surface area contributed by atoms with Gasteiger partial charge in [0.05, 0.1) is 6.54 Å². The normalized spacial score (nSPS) is 12.2. The topological polar surface area (TPSA) is 61.7 Å². The van der Waals surface area contributed by atoms with Crippen molar-refractivity contribution in [1.82, 2.24) is 20.1 Å². The molecule has 0 bridgehead atoms. The Labute approximate surface area is 133 Å². The van der Waals surface area contributed by atoms with E-state index in [2.05, 4.69) is 26.3 Å². The molecule has 1 rings (SSSR count). The van der Waals surface area contributed by atoms with Gasteiger partial charge in [0.2, 0.25) is 5.91 Å². The van der Waals surface area contributed by atoms with Crippen molar-refractivity contribution in [2.75, 3.05) is 20.1 Å². The molecule has 6 nitrogen and oxygen atoms in total. The van der Waals surface area contributed by atoms with Gasteiger partial charge in [-0.2, -0.15) is 0 Å². The van der Waals surface area contributed by atoms with E-state index in [1.165, 1.54) is 5.69 Å². The summed E-state index contributed by atoms with van der Waals surface area (Å²) in [6.45, 7) is 9.51. The number of aliphatic imine (C=N–C) groups is 1. The molecule has 0 atom stereocenters. The van der Waals surface area contributed by atoms with Crippen LogP contribution >= 0.6 is 0 Å². The van der Waals surface area contributed by atoms with Gasteiger partial charge in [-0.3, -0.25) is 4.79 Å². The Morgan fingerprint density at radius 3 is 2.59 bits per heavy atom. The summed E-state index contributed by atoms with van der Waals surface area (Å²) < 4.78 is 2.08. The van der Waals surface area contributed by atoms with Crippen LogP contribution in [-0.4, -0.2) is 47.0 Å². The molecule has 0 aliphatic heterocycles. The molecule has 0 radical (unpaired) electrons. The fourth-order valence-electron chi connectivity index (χ4n) is 2.05. The van der Waals surface area contributed by atoms with Gasteiger partial charge in [-0.05, 0) is 39.8 Å². The number of nitrogens with zero attached hydrogens (tertiary/aromatic N) is 3. The number of amides is 1. The van der Waals surface area contributed by atoms with Crippen molar-refractivity contribution in [3.05, 3.63) is 24.0 Å². The molecule has 0 saturated heterocycles. The van der Waals surface area contributed by atoms with Crippen molar-refractivity contribution < 1.29 is 4.79 Å². The van der Waals surface area contributed by atoms with E-state index in [1.54, 1.807) is 0 Å². The average molecular weight is 307 g/mol. The van der Waals surface area contributed by atoms with E-state index in [1.807, 2.05) is 59.0 Å². The Morgan fingerprint density at radius 2 is 2.09 bits per heavy atom. The Kier molecular flexibility index (Phi) is 6.46. The Balaban J connectivity index is 2.69. The first-order valence-corrected chi connectivity index (χ1v) is 7.63. The Morgan fingerprint density at radius 1 is 1.41 bits per heavy atom. The molecule has 0 aliphatic carbocycles. The molecule has 1 heterocycles. The third-order valence-electron chi connectivity index (χ3n) is 3.03. The number of aromatic nitrogens is 1. The summed E-state index contributed by atoms with van der Waals surface area (Å²) in [6.07, 6.45) is 2.02. The van der Waals surface area contributed by atoms with E-state index in [0.717, 1.165) is 19.0 Å². The summed E-state index contributed by atoms with van der Waals surface area (Å²) in [5, 5.41) is 6.13. The van der Waals surface area contributed by atoms with Crippen LogP contribution < -0.4 is 10.6 Å². The number of guanidine groups is 1. The summed E-state index contributed by atoms with van der Waals surface area (Å²) in [4.78, 5) is 18.3. The van der Waals surface area contributed by atoms with Gasteiger partial charge in [-0.1, -0.05) is 0 Å². The number of carbonyl (C=O) groups is 1. The highest BCUT2D eigenvalue weighted by Crippen LogP contribution is 2.04. The molecule has 0 aromatic carbocycles. The molecular formula is C16H29N5O. The first-order valence-electron chi connectivity index (χ1n) is 7.63. The third kappa shape index (κ3) is 6.20. The van der Waals surface area contributed by atoms with E-state index < -0.39 is 0 Å². The second-order valence-corrected chi connectivity index (χ2v) is 6.43. The lowest BCUT2D eigenvalue weighted by atomic mass is 10.1. The largest absolute Gasteiger partial charge is 0.357 e. The molecule has 0 saturated carbocycles. The quantitative estimate of drug-likeness (QED) is 0.637. The lowest BCUT2D eigenvalue weighted by Crippen LogP contribution is -2.43. The standard InChI is InChI=1S/C16H29N5O/c1-7-17-15(18-11-14(22)19-16(2,3)4)21(6)12-13-9-8-10-20(13)5/h8-10H,7,11-12H2,1-6H3,(H,17,18)(H,19,22). The van der Waals surface area contributed by atoms with Gasteiger partial charge in [0.1, 0.15) is 6.54 Å². The number of rotatable bonds is 5. The molecule has 0 unspecified atom stereocenters. The number of hydrogen-bond donors (Lipinski definition) is 2. The highest BCUT2D eigenvalue weighted by atomic mass is 16.2. The first kappa shape index (κ1) is 18.1. The fourth-order valence-corrected chi connectivity index (χ4v) is 2.05. The van der Waals surface area contributed by atoms with Crippen LogP contribution in [-0.2, 0) is 18.4 Å². The monoisotopic (exact) mass is 307 g/mol. The van der Waals surface area contributed by atoms with E-state index in [-0.39, 0.29) is 18.0 Å². The SMILES string of the molecule is CCNC(=NCC(=O)NC(C)(C)C)N(C)Cc1cccn1C. The third-order valence-corrected chi connectivity index (χ3v) is 3.03. The summed E-state index contributed by atoms with van der Waals surface area (Å²) in [5.41, 5.74) is 0.951. The van der Waals surface area contributed by atoms with Crippen molar-refractivity contribution in [1.29, 1.82) is 0 Å². The van der Waals surface area contributed by atoms with Gasteiger partial charge >= 0.3 is 0 Å². The predicted octanol–water partition coefficient (Wildman–Crippen LogP) is 1.34. The predicted molar refractivity (Wildman–Crippen MR) is 90.8 cm³/mol. The molecule has 1 amide bonds. The van der Waals surface area contributed by atoms with Crippen LogP contribution in [0.25, 0.3) is 0 Å². The van der Waals surface area contributed by atoms with Crippen molar-refractivity contribution >= 4 is 11.9 Å². The summed E-state index contributed by atoms with van der Waals surface area (Å²) in [5.74, 6) is 0.655. The number of nitrogens with one attached hydrogen (secondary N) is 2. The van der Waals surface area contributed by atoms with E-state index in [9.17, 15) is 4.79 Å². The van der Waals surface area contributed by atoms with E-state index in [0.29, 0.717) is 0 Å². The minimum Gasteiger partial charge on any atom is -0.357 e. The van der Waals surface area contributed by atoms with Crippen LogP contribution in [0.15, 0.2) is 23.3 Å². The van der Waals surface area contributed by atoms with E-state index in [4.69, 9.17) is 0 Å². The van der Waals surface area contributed by atoms with Gasteiger partial charge in [-0.15, -0.1) is 0 Å². The maximum Gasteiger partial charge on any atom is 0.242 e. The molecule has 6 heteroatoms. The zero-order valence-corrected chi connectivity index (χ0v) is 14.6. The maximum atomic E-state index is 11.9. The fraction of sp³-hybridized carbons (Fsp3) is 0.625. The zero-order valence-electron chi connectivity index (χ0n) is 14.6. The van der Waals surface area contributed by atoms with E-state index >= 15 is 0 Å². The summed E-state index contributed by atoms with van der Waals surface area (Å²) in [6, 6.07) is 4.09. The number of hydrogen-bond acceptors (Lipinski definition) is 2. The Hall–Kier alpha value is -1.98. The van der Waals surface area contributed by atoms with Gasteiger partial charge < -0.3 is 20.1 Å². The molecule has 1 aromatic rings. The second-order valence-electron chi connectivity index (χ2n) is 6.43. The summed E-state index contributed by atoms with van der Waals surface area (Å²) in [7, 11) is 3.99. The lowest BCUT2D eigenvalue weighted by Gasteiger charge is -2.23. The van der Waals surface area contributed by atoms with Crippen molar-refractivity contribution in [2.45, 2.75) is 39.8 Å². The summed E-state index contributed by atoms with van der Waals surface area (Å²) >= 11 is 0. The van der Waals surface area contributed by atoms with Gasteiger partial charge in [0.15, 0.2) is 5.96 Å². The van der Waals surface area contributed by atoms with Crippen molar-refractivity contribution in [3.8, 4) is 0 Å². The maximum absolute atomic E-state index is 11.9. The molecule has 0 aliphatic rings. The van der Waals surface area contributed by atoms with Crippen LogP contribution in [0.1, 0.15) is 33.4 Å². The molecule has 1 aromatic heterocycles. The van der Waals surface area contributed by atoms with Crippen LogP contribution in [0.3, 0.4) is 0 Å². The van der Waals surface area contributed by atoms with Crippen molar-refractivity contribution in [3.63, 3.8) is 0 Å². The highest BCUT2D eigenvalue weighted by molar-refractivity contribution is 5.85. The Bertz CT molecular complexity index is 513. The number of aryl methyl sites for hydroxylation is 1. The molecule has 0 fully saturated rings. The minimum absolute atomic E-state index is 0.0739. The molecule has 22 heavy (non-hydrogen) atoms. The minimum atomic E-state index is -0.236. The smallest absolute Gasteiger partial charge is 0.242 e. The van der Waals surface area contributed by atoms with Gasteiger partial charge in [-0.25, -0.2) is 4.99 Å². The van der Waals surface area contributed by atoms with Crippen molar-refractivity contribution in [2.24, 2.45) is 12.0 Å². The molecule has 124 valence electrons. The van der Waals surface area contributed by atoms with Crippen LogP contribution in [0, 0.1) is 0 Å². The van der Waals surface area contributed by atoms with Gasteiger partial charge in [0.25, 0.3) is 0 Å². The lowest BCUT2D eigenvalue weighted by molar-refractivity contribution is -0.121. The second kappa shape index (κ2) is 7.87. The van der Waals surface area contributed by atoms with Crippen LogP contribution in [0.2, 0.25) is 0 Å². The highest BCUT2D eigenvalue weighted by Gasteiger charge is 2.14. The molecule has 0 spiro atoms. The molecular weight excluding hydrogens is 278 g/mol. The van der Waals surface area contributed by atoms with Crippen LogP contribution in [0.5, 0.6) is 0 Å².